The van der Waals surface area contributed by atoms with Crippen molar-refractivity contribution in [2.75, 3.05) is 20.8 Å². The number of benzene rings is 3. The van der Waals surface area contributed by atoms with E-state index in [1.54, 1.807) is 27.2 Å². The van der Waals surface area contributed by atoms with Crippen molar-refractivity contribution < 1.29 is 19.0 Å². The standard InChI is InChI=1S/C27H27N3O4S/c1-5-34-24-15-10-19(18(2)31)16-20(24)17-35-27-29-28-26(23-8-6-7-9-25(23)33-4)30(27)21-11-13-22(32-3)14-12-21/h6-16H,5,17H2,1-4H3. The normalized spacial score (nSPS) is 10.7. The number of aromatic nitrogens is 3. The van der Waals surface area contributed by atoms with Crippen molar-refractivity contribution in [2.24, 2.45) is 0 Å². The predicted molar refractivity (Wildman–Crippen MR) is 137 cm³/mol. The van der Waals surface area contributed by atoms with E-state index < -0.39 is 0 Å². The van der Waals surface area contributed by atoms with E-state index in [1.165, 1.54) is 11.8 Å². The zero-order chi connectivity index (χ0) is 24.8. The first-order valence-corrected chi connectivity index (χ1v) is 12.2. The topological polar surface area (TPSA) is 75.5 Å². The highest BCUT2D eigenvalue weighted by Gasteiger charge is 2.20. The molecule has 1 aromatic heterocycles. The molecule has 0 saturated heterocycles. The zero-order valence-electron chi connectivity index (χ0n) is 20.1. The smallest absolute Gasteiger partial charge is 0.196 e. The van der Waals surface area contributed by atoms with Crippen LogP contribution in [0.5, 0.6) is 17.2 Å². The molecule has 0 aliphatic carbocycles. The van der Waals surface area contributed by atoms with Crippen LogP contribution in [0.25, 0.3) is 17.1 Å². The van der Waals surface area contributed by atoms with Crippen LogP contribution >= 0.6 is 11.8 Å². The van der Waals surface area contributed by atoms with E-state index in [4.69, 9.17) is 14.2 Å². The van der Waals surface area contributed by atoms with Crippen LogP contribution in [-0.4, -0.2) is 41.4 Å². The molecule has 8 heteroatoms. The van der Waals surface area contributed by atoms with Gasteiger partial charge in [-0.15, -0.1) is 10.2 Å². The Balaban J connectivity index is 1.76. The van der Waals surface area contributed by atoms with Crippen LogP contribution in [0.15, 0.2) is 71.9 Å². The van der Waals surface area contributed by atoms with Gasteiger partial charge in [-0.05, 0) is 68.4 Å². The van der Waals surface area contributed by atoms with E-state index in [0.717, 1.165) is 28.3 Å². The van der Waals surface area contributed by atoms with E-state index in [0.29, 0.717) is 34.7 Å². The molecule has 35 heavy (non-hydrogen) atoms. The molecule has 0 radical (unpaired) electrons. The lowest BCUT2D eigenvalue weighted by atomic mass is 10.1. The van der Waals surface area contributed by atoms with E-state index in [2.05, 4.69) is 10.2 Å². The van der Waals surface area contributed by atoms with Gasteiger partial charge in [-0.3, -0.25) is 9.36 Å². The second-order valence-corrected chi connectivity index (χ2v) is 8.58. The first-order chi connectivity index (χ1) is 17.0. The summed E-state index contributed by atoms with van der Waals surface area (Å²) in [6, 6.07) is 21.0. The van der Waals surface area contributed by atoms with Crippen LogP contribution in [-0.2, 0) is 5.75 Å². The molecule has 3 aromatic carbocycles. The van der Waals surface area contributed by atoms with Crippen molar-refractivity contribution in [1.82, 2.24) is 14.8 Å². The molecular formula is C27H27N3O4S. The lowest BCUT2D eigenvalue weighted by Crippen LogP contribution is -2.02. The largest absolute Gasteiger partial charge is 0.497 e. The number of Topliss-reactive ketones (excluding diaryl/α,β-unsaturated/α-hetero) is 1. The first kappa shape index (κ1) is 24.3. The summed E-state index contributed by atoms with van der Waals surface area (Å²) in [4.78, 5) is 12.0. The van der Waals surface area contributed by atoms with E-state index in [-0.39, 0.29) is 5.78 Å². The molecule has 0 saturated carbocycles. The van der Waals surface area contributed by atoms with Gasteiger partial charge in [0, 0.05) is 16.9 Å². The fraction of sp³-hybridized carbons (Fsp3) is 0.222. The van der Waals surface area contributed by atoms with Crippen LogP contribution < -0.4 is 14.2 Å². The maximum atomic E-state index is 12.0. The monoisotopic (exact) mass is 489 g/mol. The minimum atomic E-state index is 0.0131. The third-order valence-corrected chi connectivity index (χ3v) is 6.41. The van der Waals surface area contributed by atoms with Gasteiger partial charge in [0.2, 0.25) is 0 Å². The number of methoxy groups -OCH3 is 2. The van der Waals surface area contributed by atoms with Crippen molar-refractivity contribution in [3.05, 3.63) is 77.9 Å². The van der Waals surface area contributed by atoms with Gasteiger partial charge < -0.3 is 14.2 Å². The highest BCUT2D eigenvalue weighted by molar-refractivity contribution is 7.98. The Bertz CT molecular complexity index is 1320. The number of thioether (sulfide) groups is 1. The van der Waals surface area contributed by atoms with Crippen LogP contribution in [0.4, 0.5) is 0 Å². The average molecular weight is 490 g/mol. The van der Waals surface area contributed by atoms with Gasteiger partial charge in [-0.25, -0.2) is 0 Å². The van der Waals surface area contributed by atoms with Crippen molar-refractivity contribution in [1.29, 1.82) is 0 Å². The molecule has 1 heterocycles. The number of para-hydroxylation sites is 1. The highest BCUT2D eigenvalue weighted by Crippen LogP contribution is 2.35. The number of hydrogen-bond donors (Lipinski definition) is 0. The maximum Gasteiger partial charge on any atom is 0.196 e. The molecule has 0 aliphatic heterocycles. The lowest BCUT2D eigenvalue weighted by molar-refractivity contribution is 0.101. The van der Waals surface area contributed by atoms with Gasteiger partial charge in [-0.1, -0.05) is 23.9 Å². The molecule has 0 spiro atoms. The number of hydrogen-bond acceptors (Lipinski definition) is 7. The summed E-state index contributed by atoms with van der Waals surface area (Å²) in [7, 11) is 3.28. The van der Waals surface area contributed by atoms with Crippen LogP contribution in [0.1, 0.15) is 29.8 Å². The molecule has 0 bridgehead atoms. The van der Waals surface area contributed by atoms with E-state index in [1.807, 2.05) is 72.2 Å². The molecule has 7 nitrogen and oxygen atoms in total. The summed E-state index contributed by atoms with van der Waals surface area (Å²) in [5.74, 6) is 3.45. The third-order valence-electron chi connectivity index (χ3n) is 5.44. The Kier molecular flexibility index (Phi) is 7.72. The fourth-order valence-corrected chi connectivity index (χ4v) is 4.61. The molecule has 0 fully saturated rings. The van der Waals surface area contributed by atoms with Gasteiger partial charge >= 0.3 is 0 Å². The van der Waals surface area contributed by atoms with Crippen molar-refractivity contribution in [2.45, 2.75) is 24.8 Å². The molecule has 180 valence electrons. The third kappa shape index (κ3) is 5.33. The Morgan fingerprint density at radius 2 is 1.71 bits per heavy atom. The van der Waals surface area contributed by atoms with Gasteiger partial charge in [0.1, 0.15) is 17.2 Å². The summed E-state index contributed by atoms with van der Waals surface area (Å²) < 4.78 is 18.7. The summed E-state index contributed by atoms with van der Waals surface area (Å²) in [6.07, 6.45) is 0. The molecule has 4 rings (SSSR count). The van der Waals surface area contributed by atoms with E-state index >= 15 is 0 Å². The zero-order valence-corrected chi connectivity index (χ0v) is 21.0. The summed E-state index contributed by atoms with van der Waals surface area (Å²) in [5.41, 5.74) is 3.29. The second-order valence-electron chi connectivity index (χ2n) is 7.64. The van der Waals surface area contributed by atoms with E-state index in [9.17, 15) is 4.79 Å². The SMILES string of the molecule is CCOc1ccc(C(C)=O)cc1CSc1nnc(-c2ccccc2OC)n1-c1ccc(OC)cc1. The van der Waals surface area contributed by atoms with Gasteiger partial charge in [-0.2, -0.15) is 0 Å². The molecule has 0 N–H and O–H groups in total. The number of carbonyl (C=O) groups is 1. The minimum Gasteiger partial charge on any atom is -0.497 e. The van der Waals surface area contributed by atoms with Crippen molar-refractivity contribution in [3.63, 3.8) is 0 Å². The molecule has 0 unspecified atom stereocenters. The number of nitrogens with zero attached hydrogens (tertiary/aromatic N) is 3. The summed E-state index contributed by atoms with van der Waals surface area (Å²) in [5, 5.41) is 9.74. The van der Waals surface area contributed by atoms with Gasteiger partial charge in [0.05, 0.1) is 32.1 Å². The first-order valence-electron chi connectivity index (χ1n) is 11.2. The second kappa shape index (κ2) is 11.1. The average Bonchev–Trinajstić information content (AvgIpc) is 3.31. The van der Waals surface area contributed by atoms with Gasteiger partial charge in [0.25, 0.3) is 0 Å². The molecular weight excluding hydrogens is 462 g/mol. The number of ketones is 1. The predicted octanol–water partition coefficient (Wildman–Crippen LogP) is 5.85. The Labute approximate surface area is 209 Å². The van der Waals surface area contributed by atoms with Crippen molar-refractivity contribution >= 4 is 17.5 Å². The number of ether oxygens (including phenoxy) is 3. The summed E-state index contributed by atoms with van der Waals surface area (Å²) in [6.45, 7) is 4.04. The Morgan fingerprint density at radius 1 is 0.943 bits per heavy atom. The fourth-order valence-electron chi connectivity index (χ4n) is 3.68. The molecule has 4 aromatic rings. The Hall–Kier alpha value is -3.78. The van der Waals surface area contributed by atoms with Gasteiger partial charge in [0.15, 0.2) is 16.8 Å². The number of carbonyl (C=O) groups excluding carboxylic acids is 1. The Morgan fingerprint density at radius 3 is 2.40 bits per heavy atom. The highest BCUT2D eigenvalue weighted by atomic mass is 32.2. The van der Waals surface area contributed by atoms with Crippen molar-refractivity contribution in [3.8, 4) is 34.3 Å². The molecule has 0 amide bonds. The molecule has 0 atom stereocenters. The minimum absolute atomic E-state index is 0.0131. The molecule has 0 aliphatic rings. The number of rotatable bonds is 10. The van der Waals surface area contributed by atoms with Crippen LogP contribution in [0.2, 0.25) is 0 Å². The lowest BCUT2D eigenvalue weighted by Gasteiger charge is -2.14. The van der Waals surface area contributed by atoms with Crippen LogP contribution in [0, 0.1) is 0 Å². The summed E-state index contributed by atoms with van der Waals surface area (Å²) >= 11 is 1.52. The maximum absolute atomic E-state index is 12.0. The quantitative estimate of drug-likeness (QED) is 0.204. The van der Waals surface area contributed by atoms with Crippen LogP contribution in [0.3, 0.4) is 0 Å².